The average molecular weight is 641 g/mol. The minimum Gasteiger partial charge on any atom is -0.445 e. The minimum absolute atomic E-state index is 0.0362. The first kappa shape index (κ1) is 33.4. The molecule has 2 amide bonds. The molecule has 3 aromatic carbocycles. The Kier molecular flexibility index (Phi) is 11.5. The third-order valence-electron chi connectivity index (χ3n) is 7.45. The average Bonchev–Trinajstić information content (AvgIpc) is 3.45. The lowest BCUT2D eigenvalue weighted by Gasteiger charge is -2.26. The molecule has 2 N–H and O–H groups in total. The van der Waals surface area contributed by atoms with Crippen LogP contribution < -0.4 is 15.5 Å². The van der Waals surface area contributed by atoms with Gasteiger partial charge in [0, 0.05) is 17.8 Å². The zero-order valence-electron chi connectivity index (χ0n) is 24.6. The molecule has 1 saturated heterocycles. The van der Waals surface area contributed by atoms with Crippen molar-refractivity contribution < 1.29 is 36.3 Å². The summed E-state index contributed by atoms with van der Waals surface area (Å²) in [5.74, 6) is -0.497. The van der Waals surface area contributed by atoms with E-state index in [0.717, 1.165) is 5.56 Å². The highest BCUT2D eigenvalue weighted by atomic mass is 32.2. The second kappa shape index (κ2) is 15.5. The maximum atomic E-state index is 13.1. The van der Waals surface area contributed by atoms with Gasteiger partial charge in [-0.25, -0.2) is 13.2 Å². The van der Waals surface area contributed by atoms with Crippen LogP contribution in [0.4, 0.5) is 19.3 Å². The van der Waals surface area contributed by atoms with Gasteiger partial charge >= 0.3 is 12.7 Å². The summed E-state index contributed by atoms with van der Waals surface area (Å²) in [4.78, 5) is 27.5. The molecule has 0 saturated carbocycles. The number of alkyl carbamates (subject to hydrolysis) is 1. The number of carbonyl (C=O) groups is 2. The van der Waals surface area contributed by atoms with Gasteiger partial charge < -0.3 is 25.0 Å². The molecule has 1 heterocycles. The van der Waals surface area contributed by atoms with Crippen molar-refractivity contribution in [3.8, 4) is 6.07 Å². The lowest BCUT2D eigenvalue weighted by Crippen LogP contribution is -2.37. The largest absolute Gasteiger partial charge is 0.445 e. The van der Waals surface area contributed by atoms with E-state index in [0.29, 0.717) is 29.8 Å². The number of rotatable bonds is 13. The molecular formula is C32H34F2N4O6S. The lowest BCUT2D eigenvalue weighted by atomic mass is 10.0. The van der Waals surface area contributed by atoms with Crippen LogP contribution in [-0.2, 0) is 25.9 Å². The van der Waals surface area contributed by atoms with Gasteiger partial charge in [0.15, 0.2) is 9.84 Å². The second-order valence-corrected chi connectivity index (χ2v) is 12.7. The predicted molar refractivity (Wildman–Crippen MR) is 162 cm³/mol. The van der Waals surface area contributed by atoms with Gasteiger partial charge in [0.1, 0.15) is 6.61 Å². The van der Waals surface area contributed by atoms with Gasteiger partial charge in [0.05, 0.1) is 47.9 Å². The summed E-state index contributed by atoms with van der Waals surface area (Å²) < 4.78 is 59.9. The molecule has 0 radical (unpaired) electrons. The number of hydrogen-bond donors (Lipinski definition) is 2. The Hall–Kier alpha value is -4.54. The number of nitrogens with one attached hydrogen (secondary N) is 2. The summed E-state index contributed by atoms with van der Waals surface area (Å²) in [5, 5.41) is 14.9. The summed E-state index contributed by atoms with van der Waals surface area (Å²) in [6.07, 6.45) is -0.325. The van der Waals surface area contributed by atoms with E-state index in [4.69, 9.17) is 4.74 Å². The molecule has 3 aromatic rings. The predicted octanol–water partition coefficient (Wildman–Crippen LogP) is 4.98. The number of ether oxygens (including phenoxy) is 2. The molecule has 1 aliphatic heterocycles. The quantitative estimate of drug-likeness (QED) is 0.267. The number of amides is 2. The molecular weight excluding hydrogens is 606 g/mol. The molecule has 238 valence electrons. The number of anilines is 1. The van der Waals surface area contributed by atoms with Crippen LogP contribution in [0.2, 0.25) is 0 Å². The normalized spacial score (nSPS) is 17.0. The third kappa shape index (κ3) is 9.23. The smallest absolute Gasteiger partial charge is 0.407 e. The summed E-state index contributed by atoms with van der Waals surface area (Å²) in [5.41, 5.74) is 2.34. The summed E-state index contributed by atoms with van der Waals surface area (Å²) >= 11 is 0. The van der Waals surface area contributed by atoms with Crippen LogP contribution in [-0.4, -0.2) is 58.0 Å². The highest BCUT2D eigenvalue weighted by Crippen LogP contribution is 2.28. The van der Waals surface area contributed by atoms with Crippen LogP contribution in [0.5, 0.6) is 0 Å². The van der Waals surface area contributed by atoms with E-state index in [1.165, 1.54) is 12.1 Å². The molecule has 1 fully saturated rings. The summed E-state index contributed by atoms with van der Waals surface area (Å²) in [7, 11) is -3.39. The minimum atomic E-state index is -3.39. The Balaban J connectivity index is 1.41. The molecule has 1 unspecified atom stereocenters. The number of carbonyl (C=O) groups excluding carboxylic acids is 2. The molecule has 1 aliphatic rings. The van der Waals surface area contributed by atoms with E-state index in [-0.39, 0.29) is 30.3 Å². The molecule has 0 aliphatic carbocycles. The van der Waals surface area contributed by atoms with Gasteiger partial charge in [-0.05, 0) is 53.9 Å². The van der Waals surface area contributed by atoms with Crippen molar-refractivity contribution in [1.29, 1.82) is 5.26 Å². The van der Waals surface area contributed by atoms with E-state index in [1.54, 1.807) is 43.3 Å². The van der Waals surface area contributed by atoms with Gasteiger partial charge in [0.2, 0.25) is 0 Å². The number of benzene rings is 3. The number of sulfone groups is 1. The molecule has 0 bridgehead atoms. The van der Waals surface area contributed by atoms with Crippen LogP contribution in [0.15, 0.2) is 83.8 Å². The zero-order valence-corrected chi connectivity index (χ0v) is 25.4. The van der Waals surface area contributed by atoms with Crippen LogP contribution in [0.25, 0.3) is 0 Å². The van der Waals surface area contributed by atoms with Gasteiger partial charge in [-0.3, -0.25) is 4.79 Å². The van der Waals surface area contributed by atoms with E-state index in [2.05, 4.69) is 15.4 Å². The first-order valence-corrected chi connectivity index (χ1v) is 16.0. The summed E-state index contributed by atoms with van der Waals surface area (Å²) in [6, 6.07) is 22.2. The lowest BCUT2D eigenvalue weighted by molar-refractivity contribution is -0.131. The summed E-state index contributed by atoms with van der Waals surface area (Å²) in [6.45, 7) is -1.28. The van der Waals surface area contributed by atoms with Crippen molar-refractivity contribution in [3.63, 3.8) is 0 Å². The molecule has 3 atom stereocenters. The van der Waals surface area contributed by atoms with Crippen molar-refractivity contribution >= 4 is 27.5 Å². The second-order valence-electron chi connectivity index (χ2n) is 10.4. The number of halogens is 2. The Morgan fingerprint density at radius 3 is 2.36 bits per heavy atom. The van der Waals surface area contributed by atoms with Crippen molar-refractivity contribution in [2.24, 2.45) is 0 Å². The molecule has 4 rings (SSSR count). The zero-order chi connectivity index (χ0) is 32.4. The highest BCUT2D eigenvalue weighted by Gasteiger charge is 2.34. The maximum absolute atomic E-state index is 13.1. The first-order valence-electron chi connectivity index (χ1n) is 14.3. The number of alkyl halides is 2. The van der Waals surface area contributed by atoms with Gasteiger partial charge in [-0.2, -0.15) is 14.0 Å². The monoisotopic (exact) mass is 640 g/mol. The Bertz CT molecular complexity index is 1580. The Labute approximate surface area is 260 Å². The van der Waals surface area contributed by atoms with E-state index in [9.17, 15) is 32.0 Å². The number of hydrogen-bond acceptors (Lipinski definition) is 8. The van der Waals surface area contributed by atoms with Gasteiger partial charge in [-0.1, -0.05) is 49.4 Å². The van der Waals surface area contributed by atoms with Crippen LogP contribution >= 0.6 is 0 Å². The van der Waals surface area contributed by atoms with Crippen LogP contribution in [0.3, 0.4) is 0 Å². The topological polar surface area (TPSA) is 138 Å². The maximum Gasteiger partial charge on any atom is 0.407 e. The first-order chi connectivity index (χ1) is 21.6. The fraction of sp³-hybridized carbons (Fsp3) is 0.344. The molecule has 0 spiro atoms. The fourth-order valence-electron chi connectivity index (χ4n) is 5.07. The van der Waals surface area contributed by atoms with Crippen LogP contribution in [0, 0.1) is 11.3 Å². The third-order valence-corrected chi connectivity index (χ3v) is 9.20. The molecule has 10 nitrogen and oxygen atoms in total. The number of nitrogens with zero attached hydrogens (tertiary/aromatic N) is 2. The van der Waals surface area contributed by atoms with Crippen LogP contribution in [0.1, 0.15) is 47.3 Å². The van der Waals surface area contributed by atoms with Crippen molar-refractivity contribution in [3.05, 3.63) is 95.6 Å². The van der Waals surface area contributed by atoms with Gasteiger partial charge in [-0.15, -0.1) is 0 Å². The highest BCUT2D eigenvalue weighted by molar-refractivity contribution is 7.91. The van der Waals surface area contributed by atoms with Gasteiger partial charge in [0.25, 0.3) is 5.91 Å². The van der Waals surface area contributed by atoms with Crippen molar-refractivity contribution in [2.45, 2.75) is 56.0 Å². The van der Waals surface area contributed by atoms with Crippen molar-refractivity contribution in [2.75, 3.05) is 23.8 Å². The standard InChI is InChI=1S/C32H34F2N4O6S/c1-2-45(41,42)28-14-10-23(11-15-28)29(16-17-35)37-30(39)24-8-12-26(13-9-24)38-19-25(18-27(38)21-43-31(33)34)36-32(40)44-20-22-6-4-3-5-7-22/h3-15,25,27,29,31H,2,16,18-21H2,1H3,(H,36,40)(H,37,39)/t25-,27-,29?/m0/s1. The SMILES string of the molecule is CCS(=O)(=O)c1ccc(C(CC#N)NC(=O)c2ccc(N3C[C@@H](NC(=O)OCc4ccccc4)C[C@H]3COC(F)F)cc2)cc1. The van der Waals surface area contributed by atoms with Crippen molar-refractivity contribution in [1.82, 2.24) is 10.6 Å². The molecule has 13 heteroatoms. The molecule has 45 heavy (non-hydrogen) atoms. The Morgan fingerprint density at radius 1 is 1.04 bits per heavy atom. The van der Waals surface area contributed by atoms with E-state index in [1.807, 2.05) is 41.3 Å². The fourth-order valence-corrected chi connectivity index (χ4v) is 5.96. The number of nitriles is 1. The van der Waals surface area contributed by atoms with E-state index >= 15 is 0 Å². The van der Waals surface area contributed by atoms with E-state index < -0.39 is 46.6 Å². The molecule has 0 aromatic heterocycles. The Morgan fingerprint density at radius 2 is 1.73 bits per heavy atom.